The molecule has 1 amide bonds. The monoisotopic (exact) mass is 409 g/mol. The molecule has 2 aromatic carbocycles. The zero-order valence-electron chi connectivity index (χ0n) is 16.9. The van der Waals surface area contributed by atoms with E-state index in [0.29, 0.717) is 31.1 Å². The zero-order chi connectivity index (χ0) is 20.9. The van der Waals surface area contributed by atoms with Crippen LogP contribution >= 0.6 is 0 Å². The molecule has 1 atom stereocenters. The van der Waals surface area contributed by atoms with Crippen molar-refractivity contribution in [1.29, 1.82) is 0 Å². The smallest absolute Gasteiger partial charge is 0.227 e. The Hall–Kier alpha value is -3.29. The zero-order valence-corrected chi connectivity index (χ0v) is 16.9. The average Bonchev–Trinajstić information content (AvgIpc) is 3.20. The van der Waals surface area contributed by atoms with Gasteiger partial charge in [0.15, 0.2) is 5.82 Å². The average molecular weight is 409 g/mol. The first kappa shape index (κ1) is 20.0. The molecule has 1 aliphatic rings. The number of tetrazole rings is 1. The van der Waals surface area contributed by atoms with Crippen molar-refractivity contribution in [3.05, 3.63) is 65.7 Å². The Bertz CT molecular complexity index is 988. The molecule has 156 valence electrons. The predicted octanol–water partition coefficient (Wildman–Crippen LogP) is 2.97. The molecule has 8 heteroatoms. The van der Waals surface area contributed by atoms with E-state index in [1.165, 1.54) is 12.1 Å². The molecular formula is C22H24FN5O2. The summed E-state index contributed by atoms with van der Waals surface area (Å²) in [5.74, 6) is 1.47. The van der Waals surface area contributed by atoms with Gasteiger partial charge in [-0.3, -0.25) is 4.79 Å². The number of carbonyl (C=O) groups is 1. The van der Waals surface area contributed by atoms with Crippen LogP contribution in [0.15, 0.2) is 48.5 Å². The fraction of sp³-hybridized carbons (Fsp3) is 0.364. The van der Waals surface area contributed by atoms with E-state index in [1.54, 1.807) is 16.8 Å². The number of ether oxygens (including phenoxy) is 1. The summed E-state index contributed by atoms with van der Waals surface area (Å²) in [6.45, 7) is 3.81. The van der Waals surface area contributed by atoms with Crippen molar-refractivity contribution in [2.75, 3.05) is 19.7 Å². The number of likely N-dealkylation sites (tertiary alicyclic amines) is 1. The largest absolute Gasteiger partial charge is 0.493 e. The van der Waals surface area contributed by atoms with E-state index in [4.69, 9.17) is 4.74 Å². The number of piperidine rings is 1. The Labute approximate surface area is 174 Å². The number of carbonyl (C=O) groups excluding carboxylic acids is 1. The summed E-state index contributed by atoms with van der Waals surface area (Å²) in [5.41, 5.74) is 1.82. The highest BCUT2D eigenvalue weighted by atomic mass is 19.1. The van der Waals surface area contributed by atoms with Crippen molar-refractivity contribution in [2.45, 2.75) is 26.2 Å². The Morgan fingerprint density at radius 1 is 1.17 bits per heavy atom. The maximum Gasteiger partial charge on any atom is 0.227 e. The summed E-state index contributed by atoms with van der Waals surface area (Å²) in [5, 5.41) is 11.5. The van der Waals surface area contributed by atoms with Crippen LogP contribution in [0, 0.1) is 18.7 Å². The van der Waals surface area contributed by atoms with Crippen molar-refractivity contribution in [1.82, 2.24) is 25.1 Å². The first-order valence-electron chi connectivity index (χ1n) is 10.1. The Balaban J connectivity index is 1.30. The summed E-state index contributed by atoms with van der Waals surface area (Å²) in [4.78, 5) is 14.7. The molecule has 1 saturated heterocycles. The SMILES string of the molecule is Cc1nnnn1-c1ccc(CC(=O)N2CCCC(COc3ccc(F)cc3)C2)cc1. The van der Waals surface area contributed by atoms with Gasteiger partial charge in [-0.1, -0.05) is 12.1 Å². The van der Waals surface area contributed by atoms with Gasteiger partial charge in [-0.05, 0) is 72.2 Å². The molecule has 0 N–H and O–H groups in total. The standard InChI is InChI=1S/C22H24FN5O2/c1-16-24-25-26-28(16)20-8-4-17(5-9-20)13-22(29)27-12-2-3-18(14-27)15-30-21-10-6-19(23)7-11-21/h4-11,18H,2-3,12-15H2,1H3. The van der Waals surface area contributed by atoms with Gasteiger partial charge < -0.3 is 9.64 Å². The maximum atomic E-state index is 13.0. The van der Waals surface area contributed by atoms with Crippen LogP contribution in [0.4, 0.5) is 4.39 Å². The summed E-state index contributed by atoms with van der Waals surface area (Å²) in [6, 6.07) is 13.7. The number of nitrogens with zero attached hydrogens (tertiary/aromatic N) is 5. The summed E-state index contributed by atoms with van der Waals surface area (Å²) in [7, 11) is 0. The number of aryl methyl sites for hydroxylation is 1. The van der Waals surface area contributed by atoms with Crippen molar-refractivity contribution in [2.24, 2.45) is 5.92 Å². The minimum atomic E-state index is -0.280. The molecule has 7 nitrogen and oxygen atoms in total. The van der Waals surface area contributed by atoms with E-state index in [2.05, 4.69) is 15.5 Å². The maximum absolute atomic E-state index is 13.0. The Morgan fingerprint density at radius 3 is 2.63 bits per heavy atom. The van der Waals surface area contributed by atoms with Crippen molar-refractivity contribution in [3.63, 3.8) is 0 Å². The predicted molar refractivity (Wildman–Crippen MR) is 109 cm³/mol. The van der Waals surface area contributed by atoms with Gasteiger partial charge >= 0.3 is 0 Å². The van der Waals surface area contributed by atoms with E-state index in [0.717, 1.165) is 30.6 Å². The first-order chi connectivity index (χ1) is 14.6. The van der Waals surface area contributed by atoms with E-state index in [9.17, 15) is 9.18 Å². The van der Waals surface area contributed by atoms with Gasteiger partial charge in [-0.2, -0.15) is 4.68 Å². The second-order valence-electron chi connectivity index (χ2n) is 7.59. The van der Waals surface area contributed by atoms with E-state index < -0.39 is 0 Å². The van der Waals surface area contributed by atoms with Gasteiger partial charge in [0.25, 0.3) is 0 Å². The van der Waals surface area contributed by atoms with Gasteiger partial charge in [0.05, 0.1) is 18.7 Å². The number of rotatable bonds is 6. The van der Waals surface area contributed by atoms with Gasteiger partial charge in [-0.25, -0.2) is 4.39 Å². The lowest BCUT2D eigenvalue weighted by Gasteiger charge is -2.32. The summed E-state index contributed by atoms with van der Waals surface area (Å²) in [6.07, 6.45) is 2.34. The van der Waals surface area contributed by atoms with Gasteiger partial charge in [-0.15, -0.1) is 5.10 Å². The van der Waals surface area contributed by atoms with Crippen LogP contribution < -0.4 is 4.74 Å². The highest BCUT2D eigenvalue weighted by molar-refractivity contribution is 5.79. The lowest BCUT2D eigenvalue weighted by atomic mass is 9.98. The molecule has 1 unspecified atom stereocenters. The normalized spacial score (nSPS) is 16.5. The second-order valence-corrected chi connectivity index (χ2v) is 7.59. The lowest BCUT2D eigenvalue weighted by Crippen LogP contribution is -2.42. The molecule has 0 spiro atoms. The van der Waals surface area contributed by atoms with Crippen LogP contribution in [0.5, 0.6) is 5.75 Å². The molecule has 0 radical (unpaired) electrons. The highest BCUT2D eigenvalue weighted by Crippen LogP contribution is 2.20. The van der Waals surface area contributed by atoms with Crippen LogP contribution in [-0.2, 0) is 11.2 Å². The molecule has 1 fully saturated rings. The molecule has 0 aliphatic carbocycles. The van der Waals surface area contributed by atoms with Gasteiger partial charge in [0, 0.05) is 19.0 Å². The van der Waals surface area contributed by atoms with Crippen molar-refractivity contribution >= 4 is 5.91 Å². The third-order valence-corrected chi connectivity index (χ3v) is 5.33. The highest BCUT2D eigenvalue weighted by Gasteiger charge is 2.24. The molecule has 1 aromatic heterocycles. The number of amides is 1. The Kier molecular flexibility index (Phi) is 6.02. The number of halogens is 1. The Morgan fingerprint density at radius 2 is 1.93 bits per heavy atom. The molecule has 0 bridgehead atoms. The third kappa shape index (κ3) is 4.82. The lowest BCUT2D eigenvalue weighted by molar-refractivity contribution is -0.132. The molecular weight excluding hydrogens is 385 g/mol. The van der Waals surface area contributed by atoms with E-state index >= 15 is 0 Å². The minimum absolute atomic E-state index is 0.118. The van der Waals surface area contributed by atoms with E-state index in [1.807, 2.05) is 36.1 Å². The van der Waals surface area contributed by atoms with Gasteiger partial charge in [0.2, 0.25) is 5.91 Å². The number of aromatic nitrogens is 4. The minimum Gasteiger partial charge on any atom is -0.493 e. The molecule has 4 rings (SSSR count). The molecule has 0 saturated carbocycles. The molecule has 2 heterocycles. The van der Waals surface area contributed by atoms with Crippen LogP contribution in [0.1, 0.15) is 24.2 Å². The quantitative estimate of drug-likeness (QED) is 0.626. The fourth-order valence-corrected chi connectivity index (χ4v) is 3.68. The number of hydrogen-bond acceptors (Lipinski definition) is 5. The van der Waals surface area contributed by atoms with Crippen LogP contribution in [0.2, 0.25) is 0 Å². The second kappa shape index (κ2) is 9.02. The van der Waals surface area contributed by atoms with Crippen molar-refractivity contribution < 1.29 is 13.9 Å². The summed E-state index contributed by atoms with van der Waals surface area (Å²) >= 11 is 0. The van der Waals surface area contributed by atoms with Crippen LogP contribution in [0.3, 0.4) is 0 Å². The van der Waals surface area contributed by atoms with Crippen LogP contribution in [0.25, 0.3) is 5.69 Å². The first-order valence-corrected chi connectivity index (χ1v) is 10.1. The third-order valence-electron chi connectivity index (χ3n) is 5.33. The molecule has 3 aromatic rings. The van der Waals surface area contributed by atoms with Crippen LogP contribution in [-0.4, -0.2) is 50.7 Å². The summed E-state index contributed by atoms with van der Waals surface area (Å²) < 4.78 is 20.4. The van der Waals surface area contributed by atoms with Crippen molar-refractivity contribution in [3.8, 4) is 11.4 Å². The fourth-order valence-electron chi connectivity index (χ4n) is 3.68. The molecule has 30 heavy (non-hydrogen) atoms. The van der Waals surface area contributed by atoms with Gasteiger partial charge in [0.1, 0.15) is 11.6 Å². The number of benzene rings is 2. The topological polar surface area (TPSA) is 73.1 Å². The molecule has 1 aliphatic heterocycles. The van der Waals surface area contributed by atoms with E-state index in [-0.39, 0.29) is 17.6 Å². The number of hydrogen-bond donors (Lipinski definition) is 0.